The van der Waals surface area contributed by atoms with E-state index in [2.05, 4.69) is 0 Å². The lowest BCUT2D eigenvalue weighted by Gasteiger charge is -2.15. The maximum atomic E-state index is 14.0. The highest BCUT2D eigenvalue weighted by Gasteiger charge is 2.22. The molecule has 110 valence electrons. The molecule has 0 heterocycles. The van der Waals surface area contributed by atoms with Crippen LogP contribution in [0.1, 0.15) is 38.2 Å². The molecule has 0 saturated carbocycles. The van der Waals surface area contributed by atoms with Crippen LogP contribution in [-0.2, 0) is 0 Å². The standard InChI is InChI=1S/C17H15ClF2O/c1-8-5-9(2)11(4)16(10(8)3)17(21)12-6-15(20)13(18)7-14(12)19/h5-7H,1-4H3. The molecular weight excluding hydrogens is 294 g/mol. The summed E-state index contributed by atoms with van der Waals surface area (Å²) in [6, 6.07) is 3.66. The van der Waals surface area contributed by atoms with E-state index in [0.717, 1.165) is 34.4 Å². The Balaban J connectivity index is 2.69. The predicted molar refractivity (Wildman–Crippen MR) is 80.2 cm³/mol. The first-order chi connectivity index (χ1) is 9.73. The van der Waals surface area contributed by atoms with Gasteiger partial charge in [0.1, 0.15) is 11.6 Å². The molecule has 0 atom stereocenters. The van der Waals surface area contributed by atoms with Gasteiger partial charge in [0.05, 0.1) is 10.6 Å². The molecule has 0 spiro atoms. The van der Waals surface area contributed by atoms with Crippen LogP contribution < -0.4 is 0 Å². The Bertz CT molecular complexity index is 725. The molecule has 2 aromatic carbocycles. The zero-order chi connectivity index (χ0) is 15.9. The van der Waals surface area contributed by atoms with Gasteiger partial charge in [-0.25, -0.2) is 8.78 Å². The number of halogens is 3. The summed E-state index contributed by atoms with van der Waals surface area (Å²) in [4.78, 5) is 12.6. The summed E-state index contributed by atoms with van der Waals surface area (Å²) >= 11 is 5.52. The van der Waals surface area contributed by atoms with Crippen LogP contribution in [0.3, 0.4) is 0 Å². The maximum absolute atomic E-state index is 14.0. The fraction of sp³-hybridized carbons (Fsp3) is 0.235. The van der Waals surface area contributed by atoms with Crippen molar-refractivity contribution < 1.29 is 13.6 Å². The molecule has 0 saturated heterocycles. The smallest absolute Gasteiger partial charge is 0.196 e. The number of ketones is 1. The van der Waals surface area contributed by atoms with Crippen LogP contribution in [0.4, 0.5) is 8.78 Å². The predicted octanol–water partition coefficient (Wildman–Crippen LogP) is 5.08. The van der Waals surface area contributed by atoms with Crippen molar-refractivity contribution in [1.82, 2.24) is 0 Å². The van der Waals surface area contributed by atoms with Gasteiger partial charge in [-0.05, 0) is 62.1 Å². The average Bonchev–Trinajstić information content (AvgIpc) is 2.40. The van der Waals surface area contributed by atoms with Gasteiger partial charge in [-0.1, -0.05) is 17.7 Å². The van der Waals surface area contributed by atoms with E-state index in [1.807, 2.05) is 19.9 Å². The molecule has 0 bridgehead atoms. The SMILES string of the molecule is Cc1cc(C)c(C)c(C(=O)c2cc(F)c(Cl)cc2F)c1C. The zero-order valence-electron chi connectivity index (χ0n) is 12.3. The van der Waals surface area contributed by atoms with Gasteiger partial charge < -0.3 is 0 Å². The molecule has 0 aliphatic heterocycles. The van der Waals surface area contributed by atoms with Gasteiger partial charge in [-0.15, -0.1) is 0 Å². The summed E-state index contributed by atoms with van der Waals surface area (Å²) in [5.74, 6) is -2.14. The van der Waals surface area contributed by atoms with Gasteiger partial charge in [-0.2, -0.15) is 0 Å². The monoisotopic (exact) mass is 308 g/mol. The highest BCUT2D eigenvalue weighted by molar-refractivity contribution is 6.31. The van der Waals surface area contributed by atoms with Crippen LogP contribution in [0, 0.1) is 39.3 Å². The van der Waals surface area contributed by atoms with Gasteiger partial charge in [-0.3, -0.25) is 4.79 Å². The maximum Gasteiger partial charge on any atom is 0.196 e. The van der Waals surface area contributed by atoms with E-state index in [9.17, 15) is 13.6 Å². The second kappa shape index (κ2) is 5.57. The van der Waals surface area contributed by atoms with Crippen molar-refractivity contribution >= 4 is 17.4 Å². The number of rotatable bonds is 2. The molecule has 0 N–H and O–H groups in total. The molecule has 0 aliphatic rings. The Labute approximate surface area is 127 Å². The summed E-state index contributed by atoms with van der Waals surface area (Å²) in [6.45, 7) is 7.38. The molecule has 2 aromatic rings. The summed E-state index contributed by atoms with van der Waals surface area (Å²) < 4.78 is 27.5. The lowest BCUT2D eigenvalue weighted by Crippen LogP contribution is -2.11. The van der Waals surface area contributed by atoms with Crippen molar-refractivity contribution in [2.75, 3.05) is 0 Å². The summed E-state index contributed by atoms with van der Waals surface area (Å²) in [7, 11) is 0. The Morgan fingerprint density at radius 3 is 1.95 bits per heavy atom. The summed E-state index contributed by atoms with van der Waals surface area (Å²) in [5.41, 5.74) is 3.56. The molecule has 21 heavy (non-hydrogen) atoms. The number of hydrogen-bond acceptors (Lipinski definition) is 1. The quantitative estimate of drug-likeness (QED) is 0.558. The Morgan fingerprint density at radius 2 is 1.43 bits per heavy atom. The van der Waals surface area contributed by atoms with E-state index in [0.29, 0.717) is 5.56 Å². The van der Waals surface area contributed by atoms with E-state index in [4.69, 9.17) is 11.6 Å². The molecule has 0 aromatic heterocycles. The molecule has 0 radical (unpaired) electrons. The normalized spacial score (nSPS) is 10.8. The lowest BCUT2D eigenvalue weighted by molar-refractivity contribution is 0.103. The first-order valence-corrected chi connectivity index (χ1v) is 6.88. The van der Waals surface area contributed by atoms with Gasteiger partial charge in [0.15, 0.2) is 5.78 Å². The largest absolute Gasteiger partial charge is 0.288 e. The first-order valence-electron chi connectivity index (χ1n) is 6.50. The van der Waals surface area contributed by atoms with Crippen molar-refractivity contribution in [3.05, 3.63) is 68.2 Å². The van der Waals surface area contributed by atoms with E-state index >= 15 is 0 Å². The third-order valence-electron chi connectivity index (χ3n) is 3.85. The lowest BCUT2D eigenvalue weighted by atomic mass is 9.89. The molecular formula is C17H15ClF2O. The van der Waals surface area contributed by atoms with Crippen molar-refractivity contribution in [1.29, 1.82) is 0 Å². The molecule has 0 unspecified atom stereocenters. The topological polar surface area (TPSA) is 17.1 Å². The van der Waals surface area contributed by atoms with Gasteiger partial charge >= 0.3 is 0 Å². The minimum Gasteiger partial charge on any atom is -0.288 e. The van der Waals surface area contributed by atoms with E-state index in [1.54, 1.807) is 13.8 Å². The third-order valence-corrected chi connectivity index (χ3v) is 4.14. The van der Waals surface area contributed by atoms with Crippen molar-refractivity contribution in [3.8, 4) is 0 Å². The number of aryl methyl sites for hydroxylation is 2. The summed E-state index contributed by atoms with van der Waals surface area (Å²) in [5, 5.41) is -0.335. The second-order valence-corrected chi connectivity index (χ2v) is 5.62. The van der Waals surface area contributed by atoms with Crippen LogP contribution in [0.5, 0.6) is 0 Å². The molecule has 0 fully saturated rings. The molecule has 4 heteroatoms. The number of carbonyl (C=O) groups is 1. The van der Waals surface area contributed by atoms with Crippen molar-refractivity contribution in [2.24, 2.45) is 0 Å². The van der Waals surface area contributed by atoms with Crippen LogP contribution in [0.15, 0.2) is 18.2 Å². The minimum absolute atomic E-state index is 0.298. The van der Waals surface area contributed by atoms with E-state index < -0.39 is 17.4 Å². The van der Waals surface area contributed by atoms with E-state index in [1.165, 1.54) is 0 Å². The third kappa shape index (κ3) is 2.70. The van der Waals surface area contributed by atoms with E-state index in [-0.39, 0.29) is 10.6 Å². The number of benzene rings is 2. The van der Waals surface area contributed by atoms with Crippen LogP contribution in [0.25, 0.3) is 0 Å². The first kappa shape index (κ1) is 15.6. The fourth-order valence-corrected chi connectivity index (χ4v) is 2.54. The Hall–Kier alpha value is -1.74. The molecule has 0 amide bonds. The minimum atomic E-state index is -0.815. The van der Waals surface area contributed by atoms with Gasteiger partial charge in [0.2, 0.25) is 0 Å². The van der Waals surface area contributed by atoms with Crippen LogP contribution in [-0.4, -0.2) is 5.78 Å². The highest BCUT2D eigenvalue weighted by atomic mass is 35.5. The van der Waals surface area contributed by atoms with Gasteiger partial charge in [0, 0.05) is 5.56 Å². The second-order valence-electron chi connectivity index (χ2n) is 5.21. The fourth-order valence-electron chi connectivity index (χ4n) is 2.39. The average molecular weight is 309 g/mol. The Kier molecular flexibility index (Phi) is 4.15. The zero-order valence-corrected chi connectivity index (χ0v) is 13.0. The van der Waals surface area contributed by atoms with Crippen LogP contribution >= 0.6 is 11.6 Å². The van der Waals surface area contributed by atoms with Gasteiger partial charge in [0.25, 0.3) is 0 Å². The molecule has 2 rings (SSSR count). The highest BCUT2D eigenvalue weighted by Crippen LogP contribution is 2.27. The van der Waals surface area contributed by atoms with Crippen molar-refractivity contribution in [3.63, 3.8) is 0 Å². The molecule has 1 nitrogen and oxygen atoms in total. The number of carbonyl (C=O) groups excluding carboxylic acids is 1. The van der Waals surface area contributed by atoms with Crippen molar-refractivity contribution in [2.45, 2.75) is 27.7 Å². The Morgan fingerprint density at radius 1 is 0.905 bits per heavy atom. The molecule has 0 aliphatic carbocycles. The number of hydrogen-bond donors (Lipinski definition) is 0. The summed E-state index contributed by atoms with van der Waals surface area (Å²) in [6.07, 6.45) is 0. The van der Waals surface area contributed by atoms with Crippen LogP contribution in [0.2, 0.25) is 5.02 Å².